The molecular weight excluding hydrogens is 210 g/mol. The van der Waals surface area contributed by atoms with Crippen LogP contribution < -0.4 is 5.32 Å². The molecule has 0 saturated carbocycles. The van der Waals surface area contributed by atoms with Gasteiger partial charge in [0.25, 0.3) is 0 Å². The van der Waals surface area contributed by atoms with Crippen LogP contribution in [-0.4, -0.2) is 22.6 Å². The van der Waals surface area contributed by atoms with Crippen molar-refractivity contribution in [2.75, 3.05) is 13.1 Å². The zero-order valence-electron chi connectivity index (χ0n) is 11.4. The van der Waals surface area contributed by atoms with Crippen molar-refractivity contribution in [3.05, 3.63) is 17.2 Å². The van der Waals surface area contributed by atoms with Crippen LogP contribution in [0.15, 0.2) is 0 Å². The van der Waals surface area contributed by atoms with Gasteiger partial charge in [-0.2, -0.15) is 0 Å². The molecule has 0 radical (unpaired) electrons. The summed E-state index contributed by atoms with van der Waals surface area (Å²) in [7, 11) is 0. The Kier molecular flexibility index (Phi) is 4.21. The Balaban J connectivity index is 1.81. The van der Waals surface area contributed by atoms with Crippen molar-refractivity contribution in [3.8, 4) is 0 Å². The Morgan fingerprint density at radius 3 is 2.53 bits per heavy atom. The Morgan fingerprint density at radius 1 is 1.24 bits per heavy atom. The van der Waals surface area contributed by atoms with E-state index in [1.165, 1.54) is 56.0 Å². The highest BCUT2D eigenvalue weighted by Gasteiger charge is 2.13. The predicted octanol–water partition coefficient (Wildman–Crippen LogP) is 2.59. The van der Waals surface area contributed by atoms with Crippen LogP contribution in [0, 0.1) is 26.7 Å². The van der Waals surface area contributed by atoms with Gasteiger partial charge in [0.1, 0.15) is 5.82 Å². The third kappa shape index (κ3) is 3.09. The Morgan fingerprint density at radius 2 is 1.94 bits per heavy atom. The van der Waals surface area contributed by atoms with E-state index >= 15 is 0 Å². The maximum absolute atomic E-state index is 4.53. The van der Waals surface area contributed by atoms with E-state index in [0.717, 1.165) is 12.5 Å². The number of rotatable bonds is 4. The van der Waals surface area contributed by atoms with Crippen LogP contribution in [0.5, 0.6) is 0 Å². The number of piperidine rings is 1. The second-order valence-corrected chi connectivity index (χ2v) is 5.32. The predicted molar refractivity (Wildman–Crippen MR) is 71.3 cm³/mol. The fourth-order valence-electron chi connectivity index (χ4n) is 2.86. The molecule has 1 aromatic rings. The largest absolute Gasteiger partial charge is 0.332 e. The molecule has 0 unspecified atom stereocenters. The summed E-state index contributed by atoms with van der Waals surface area (Å²) in [5.41, 5.74) is 2.53. The highest BCUT2D eigenvalue weighted by atomic mass is 15.1. The molecule has 0 amide bonds. The van der Waals surface area contributed by atoms with E-state index in [-0.39, 0.29) is 0 Å². The van der Waals surface area contributed by atoms with Gasteiger partial charge in [-0.1, -0.05) is 0 Å². The SMILES string of the molecule is Cc1nc(C)n(CCCC2CCNCC2)c1C. The molecule has 96 valence electrons. The van der Waals surface area contributed by atoms with Crippen molar-refractivity contribution in [2.24, 2.45) is 5.92 Å². The van der Waals surface area contributed by atoms with Crippen LogP contribution >= 0.6 is 0 Å². The lowest BCUT2D eigenvalue weighted by Crippen LogP contribution is -2.27. The molecule has 17 heavy (non-hydrogen) atoms. The van der Waals surface area contributed by atoms with Crippen molar-refractivity contribution >= 4 is 0 Å². The van der Waals surface area contributed by atoms with E-state index in [9.17, 15) is 0 Å². The molecular formula is C14H25N3. The number of imidazole rings is 1. The lowest BCUT2D eigenvalue weighted by Gasteiger charge is -2.22. The molecule has 1 aliphatic rings. The molecule has 0 aromatic carbocycles. The van der Waals surface area contributed by atoms with E-state index in [4.69, 9.17) is 0 Å². The summed E-state index contributed by atoms with van der Waals surface area (Å²) in [5.74, 6) is 2.12. The summed E-state index contributed by atoms with van der Waals surface area (Å²) < 4.78 is 2.37. The van der Waals surface area contributed by atoms with Gasteiger partial charge < -0.3 is 9.88 Å². The first-order chi connectivity index (χ1) is 8.18. The Labute approximate surface area is 105 Å². The first-order valence-electron chi connectivity index (χ1n) is 6.89. The van der Waals surface area contributed by atoms with E-state index in [1.54, 1.807) is 0 Å². The van der Waals surface area contributed by atoms with Crippen LogP contribution in [0.3, 0.4) is 0 Å². The molecule has 3 heteroatoms. The molecule has 0 spiro atoms. The minimum absolute atomic E-state index is 0.946. The number of hydrogen-bond donors (Lipinski definition) is 1. The Bertz CT molecular complexity index is 362. The molecule has 1 fully saturated rings. The molecule has 2 heterocycles. The van der Waals surface area contributed by atoms with Gasteiger partial charge in [0.2, 0.25) is 0 Å². The molecule has 0 aliphatic carbocycles. The van der Waals surface area contributed by atoms with Gasteiger partial charge in [0, 0.05) is 12.2 Å². The van der Waals surface area contributed by atoms with E-state index in [0.29, 0.717) is 0 Å². The summed E-state index contributed by atoms with van der Waals surface area (Å²) >= 11 is 0. The van der Waals surface area contributed by atoms with E-state index < -0.39 is 0 Å². The second kappa shape index (κ2) is 5.67. The van der Waals surface area contributed by atoms with Gasteiger partial charge in [-0.25, -0.2) is 4.98 Å². The minimum atomic E-state index is 0.946. The van der Waals surface area contributed by atoms with Crippen LogP contribution in [0.1, 0.15) is 42.9 Å². The normalized spacial score (nSPS) is 17.6. The van der Waals surface area contributed by atoms with E-state index in [2.05, 4.69) is 35.6 Å². The van der Waals surface area contributed by atoms with Gasteiger partial charge in [-0.05, 0) is 65.5 Å². The van der Waals surface area contributed by atoms with Crippen molar-refractivity contribution < 1.29 is 0 Å². The second-order valence-electron chi connectivity index (χ2n) is 5.32. The average molecular weight is 235 g/mol. The van der Waals surface area contributed by atoms with Gasteiger partial charge >= 0.3 is 0 Å². The fraction of sp³-hybridized carbons (Fsp3) is 0.786. The average Bonchev–Trinajstić information content (AvgIpc) is 2.57. The Hall–Kier alpha value is -0.830. The smallest absolute Gasteiger partial charge is 0.106 e. The van der Waals surface area contributed by atoms with Crippen molar-refractivity contribution in [3.63, 3.8) is 0 Å². The third-order valence-corrected chi connectivity index (χ3v) is 4.10. The van der Waals surface area contributed by atoms with Crippen molar-refractivity contribution in [2.45, 2.75) is 53.0 Å². The maximum Gasteiger partial charge on any atom is 0.106 e. The van der Waals surface area contributed by atoms with Gasteiger partial charge in [-0.3, -0.25) is 0 Å². The molecule has 1 N–H and O–H groups in total. The lowest BCUT2D eigenvalue weighted by atomic mass is 9.93. The van der Waals surface area contributed by atoms with Gasteiger partial charge in [0.05, 0.1) is 5.69 Å². The topological polar surface area (TPSA) is 29.9 Å². The number of hydrogen-bond acceptors (Lipinski definition) is 2. The first-order valence-corrected chi connectivity index (χ1v) is 6.89. The van der Waals surface area contributed by atoms with Crippen molar-refractivity contribution in [1.29, 1.82) is 0 Å². The van der Waals surface area contributed by atoms with Crippen LogP contribution in [0.25, 0.3) is 0 Å². The van der Waals surface area contributed by atoms with Crippen LogP contribution in [0.2, 0.25) is 0 Å². The summed E-state index contributed by atoms with van der Waals surface area (Å²) in [6.07, 6.45) is 5.39. The number of aryl methyl sites for hydroxylation is 2. The summed E-state index contributed by atoms with van der Waals surface area (Å²) in [4.78, 5) is 4.53. The number of nitrogens with one attached hydrogen (secondary N) is 1. The zero-order valence-corrected chi connectivity index (χ0v) is 11.4. The van der Waals surface area contributed by atoms with Crippen LogP contribution in [-0.2, 0) is 6.54 Å². The third-order valence-electron chi connectivity index (χ3n) is 4.10. The molecule has 1 aromatic heterocycles. The van der Waals surface area contributed by atoms with E-state index in [1.807, 2.05) is 0 Å². The maximum atomic E-state index is 4.53. The van der Waals surface area contributed by atoms with Gasteiger partial charge in [0.15, 0.2) is 0 Å². The molecule has 3 nitrogen and oxygen atoms in total. The van der Waals surface area contributed by atoms with Crippen molar-refractivity contribution in [1.82, 2.24) is 14.9 Å². The van der Waals surface area contributed by atoms with Gasteiger partial charge in [-0.15, -0.1) is 0 Å². The first kappa shape index (κ1) is 12.6. The number of aromatic nitrogens is 2. The highest BCUT2D eigenvalue weighted by Crippen LogP contribution is 2.19. The molecule has 1 saturated heterocycles. The zero-order chi connectivity index (χ0) is 12.3. The molecule has 0 bridgehead atoms. The fourth-order valence-corrected chi connectivity index (χ4v) is 2.86. The highest BCUT2D eigenvalue weighted by molar-refractivity contribution is 5.13. The number of nitrogens with zero attached hydrogens (tertiary/aromatic N) is 2. The monoisotopic (exact) mass is 235 g/mol. The standard InChI is InChI=1S/C14H25N3/c1-11-12(2)17(13(3)16-11)10-4-5-14-6-8-15-9-7-14/h14-15H,4-10H2,1-3H3. The lowest BCUT2D eigenvalue weighted by molar-refractivity contribution is 0.339. The molecule has 0 atom stereocenters. The summed E-state index contributed by atoms with van der Waals surface area (Å²) in [6, 6.07) is 0. The summed E-state index contributed by atoms with van der Waals surface area (Å²) in [5, 5.41) is 3.43. The summed E-state index contributed by atoms with van der Waals surface area (Å²) in [6.45, 7) is 9.97. The quantitative estimate of drug-likeness (QED) is 0.869. The molecule has 1 aliphatic heterocycles. The molecule has 2 rings (SSSR count). The van der Waals surface area contributed by atoms with Crippen LogP contribution in [0.4, 0.5) is 0 Å². The minimum Gasteiger partial charge on any atom is -0.332 e.